The summed E-state index contributed by atoms with van der Waals surface area (Å²) in [7, 11) is 0. The molecule has 0 bridgehead atoms. The van der Waals surface area contributed by atoms with Crippen LogP contribution in [0.25, 0.3) is 22.0 Å². The van der Waals surface area contributed by atoms with Gasteiger partial charge in [0.1, 0.15) is 24.1 Å². The fourth-order valence-corrected chi connectivity index (χ4v) is 6.24. The summed E-state index contributed by atoms with van der Waals surface area (Å²) in [5.41, 5.74) is -1.43. The molecule has 8 nitrogen and oxygen atoms in total. The van der Waals surface area contributed by atoms with Gasteiger partial charge in [0.05, 0.1) is 29.7 Å². The van der Waals surface area contributed by atoms with Gasteiger partial charge in [-0.25, -0.2) is 13.6 Å². The minimum absolute atomic E-state index is 0.0652. The largest absolute Gasteiger partial charge is 0.488 e. The number of nitrogens with zero attached hydrogens (tertiary/aromatic N) is 5. The average molecular weight is 680 g/mol. The number of aromatic nitrogens is 2. The van der Waals surface area contributed by atoms with Crippen molar-refractivity contribution in [2.24, 2.45) is 0 Å². The molecule has 1 aromatic heterocycles. The predicted octanol–water partition coefficient (Wildman–Crippen LogP) is 5.58. The van der Waals surface area contributed by atoms with Gasteiger partial charge in [-0.1, -0.05) is 18.2 Å². The molecule has 248 valence electrons. The lowest BCUT2D eigenvalue weighted by atomic mass is 9.99. The van der Waals surface area contributed by atoms with Crippen LogP contribution < -0.4 is 15.3 Å². The molecule has 3 heterocycles. The molecule has 2 aromatic carbocycles. The number of alkyl halides is 6. The topological polar surface area (TPSA) is 70.9 Å². The van der Waals surface area contributed by atoms with Crippen LogP contribution >= 0.6 is 11.6 Å². The number of rotatable bonds is 7. The number of carbonyl (C=O) groups is 1. The van der Waals surface area contributed by atoms with E-state index in [0.29, 0.717) is 6.07 Å². The van der Waals surface area contributed by atoms with Crippen molar-refractivity contribution in [3.8, 4) is 16.9 Å². The first kappa shape index (κ1) is 33.4. The van der Waals surface area contributed by atoms with Gasteiger partial charge in [-0.15, -0.1) is 0 Å². The first-order valence-electron chi connectivity index (χ1n) is 13.9. The predicted molar refractivity (Wildman–Crippen MR) is 153 cm³/mol. The van der Waals surface area contributed by atoms with Crippen molar-refractivity contribution < 1.29 is 44.7 Å². The fraction of sp³-hybridized carbons (Fsp3) is 0.414. The van der Waals surface area contributed by atoms with E-state index < -0.39 is 68.0 Å². The molecule has 0 saturated carbocycles. The normalized spacial score (nSPS) is 18.7. The standard InChI is InChI=1S/C29H26ClF8N5O3/c1-3-22(44)41-6-7-42(15(2)10-41)26-19-9-20(30)23(18-5-4-16(31)8-21(18)32)25-24(19)43(27(45)39-26)17(12-46-25)11-40(13-28(33,34)35)14-29(36,37)38/h3-5,8-9,15,17H,1,6-7,10-14H2,2H3/t15-,17?/m0/s1. The first-order valence-corrected chi connectivity index (χ1v) is 14.3. The van der Waals surface area contributed by atoms with Crippen LogP contribution in [0.3, 0.4) is 0 Å². The maximum absolute atomic E-state index is 15.0. The number of amides is 1. The van der Waals surface area contributed by atoms with Crippen LogP contribution in [0.5, 0.6) is 5.75 Å². The summed E-state index contributed by atoms with van der Waals surface area (Å²) in [5.74, 6) is -2.37. The Hall–Kier alpha value is -3.92. The zero-order valence-corrected chi connectivity index (χ0v) is 24.8. The van der Waals surface area contributed by atoms with E-state index >= 15 is 4.39 Å². The van der Waals surface area contributed by atoms with Crippen LogP contribution in [-0.2, 0) is 4.79 Å². The van der Waals surface area contributed by atoms with Gasteiger partial charge in [0.2, 0.25) is 5.91 Å². The Bertz CT molecular complexity index is 1730. The van der Waals surface area contributed by atoms with Crippen LogP contribution in [-0.4, -0.2) is 89.5 Å². The van der Waals surface area contributed by atoms with Gasteiger partial charge >= 0.3 is 18.0 Å². The molecule has 3 aromatic rings. The number of halogens is 9. The Morgan fingerprint density at radius 3 is 2.39 bits per heavy atom. The second-order valence-electron chi connectivity index (χ2n) is 11.1. The lowest BCUT2D eigenvalue weighted by Crippen LogP contribution is -2.54. The van der Waals surface area contributed by atoms with E-state index in [9.17, 15) is 40.3 Å². The number of hydrogen-bond donors (Lipinski definition) is 0. The Morgan fingerprint density at radius 2 is 1.80 bits per heavy atom. The Kier molecular flexibility index (Phi) is 8.98. The van der Waals surface area contributed by atoms with Gasteiger partial charge in [0.25, 0.3) is 0 Å². The van der Waals surface area contributed by atoms with Crippen molar-refractivity contribution in [3.63, 3.8) is 0 Å². The number of anilines is 1. The van der Waals surface area contributed by atoms with E-state index in [2.05, 4.69) is 11.6 Å². The summed E-state index contributed by atoms with van der Waals surface area (Å²) < 4.78 is 115. The van der Waals surface area contributed by atoms with Gasteiger partial charge in [-0.3, -0.25) is 14.3 Å². The Morgan fingerprint density at radius 1 is 1.13 bits per heavy atom. The molecule has 2 atom stereocenters. The number of hydrogen-bond acceptors (Lipinski definition) is 6. The maximum Gasteiger partial charge on any atom is 0.401 e. The minimum Gasteiger partial charge on any atom is -0.488 e. The van der Waals surface area contributed by atoms with E-state index in [1.807, 2.05) is 0 Å². The second-order valence-corrected chi connectivity index (χ2v) is 11.5. The van der Waals surface area contributed by atoms with E-state index in [0.717, 1.165) is 22.8 Å². The zero-order chi connectivity index (χ0) is 33.7. The molecule has 2 aliphatic rings. The molecular weight excluding hydrogens is 654 g/mol. The smallest absolute Gasteiger partial charge is 0.401 e. The molecule has 1 saturated heterocycles. The summed E-state index contributed by atoms with van der Waals surface area (Å²) in [4.78, 5) is 33.5. The summed E-state index contributed by atoms with van der Waals surface area (Å²) in [5, 5.41) is 0.0349. The highest BCUT2D eigenvalue weighted by atomic mass is 35.5. The fourth-order valence-electron chi connectivity index (χ4n) is 5.95. The van der Waals surface area contributed by atoms with Crippen molar-refractivity contribution in [2.75, 3.05) is 50.8 Å². The molecule has 5 rings (SSSR count). The number of benzene rings is 2. The van der Waals surface area contributed by atoms with Gasteiger partial charge in [0.15, 0.2) is 5.75 Å². The third-order valence-corrected chi connectivity index (χ3v) is 8.04. The van der Waals surface area contributed by atoms with E-state index in [4.69, 9.17) is 16.3 Å². The van der Waals surface area contributed by atoms with Crippen molar-refractivity contribution in [1.82, 2.24) is 19.4 Å². The van der Waals surface area contributed by atoms with Crippen molar-refractivity contribution >= 4 is 34.2 Å². The van der Waals surface area contributed by atoms with Gasteiger partial charge < -0.3 is 14.5 Å². The van der Waals surface area contributed by atoms with E-state index in [-0.39, 0.29) is 69.1 Å². The monoisotopic (exact) mass is 679 g/mol. The van der Waals surface area contributed by atoms with Gasteiger partial charge in [-0.05, 0) is 31.2 Å². The molecule has 0 radical (unpaired) electrons. The molecule has 1 fully saturated rings. The lowest BCUT2D eigenvalue weighted by molar-refractivity contribution is -0.181. The third-order valence-electron chi connectivity index (χ3n) is 7.74. The summed E-state index contributed by atoms with van der Waals surface area (Å²) in [6, 6.07) is 2.16. The summed E-state index contributed by atoms with van der Waals surface area (Å²) >= 11 is 6.65. The molecular formula is C29H26ClF8N5O3. The molecule has 0 spiro atoms. The minimum atomic E-state index is -4.99. The van der Waals surface area contributed by atoms with Crippen molar-refractivity contribution in [1.29, 1.82) is 0 Å². The molecule has 46 heavy (non-hydrogen) atoms. The van der Waals surface area contributed by atoms with Crippen LogP contribution in [0.2, 0.25) is 5.02 Å². The molecule has 17 heteroatoms. The second kappa shape index (κ2) is 12.4. The van der Waals surface area contributed by atoms with E-state index in [1.54, 1.807) is 11.8 Å². The van der Waals surface area contributed by atoms with E-state index in [1.165, 1.54) is 11.0 Å². The van der Waals surface area contributed by atoms with Crippen molar-refractivity contribution in [3.05, 3.63) is 64.1 Å². The summed E-state index contributed by atoms with van der Waals surface area (Å²) in [6.45, 7) is 0.499. The molecule has 1 amide bonds. The third kappa shape index (κ3) is 6.77. The van der Waals surface area contributed by atoms with Crippen LogP contribution in [0.15, 0.2) is 41.7 Å². The van der Waals surface area contributed by atoms with Gasteiger partial charge in [-0.2, -0.15) is 31.3 Å². The number of piperazine rings is 1. The van der Waals surface area contributed by atoms with Crippen LogP contribution in [0.1, 0.15) is 13.0 Å². The maximum atomic E-state index is 15.0. The molecule has 0 N–H and O–H groups in total. The van der Waals surface area contributed by atoms with Crippen LogP contribution in [0.4, 0.5) is 40.9 Å². The zero-order valence-electron chi connectivity index (χ0n) is 24.1. The van der Waals surface area contributed by atoms with Crippen LogP contribution in [0, 0.1) is 11.6 Å². The number of carbonyl (C=O) groups excluding carboxylic acids is 1. The first-order chi connectivity index (χ1) is 21.5. The highest BCUT2D eigenvalue weighted by Crippen LogP contribution is 2.47. The molecule has 2 aliphatic heterocycles. The molecule has 1 unspecified atom stereocenters. The molecule has 0 aliphatic carbocycles. The van der Waals surface area contributed by atoms with Gasteiger partial charge in [0, 0.05) is 54.8 Å². The Balaban J connectivity index is 1.71. The highest BCUT2D eigenvalue weighted by Gasteiger charge is 2.40. The number of ether oxygens (including phenoxy) is 1. The van der Waals surface area contributed by atoms with Crippen molar-refractivity contribution in [2.45, 2.75) is 31.4 Å². The lowest BCUT2D eigenvalue weighted by Gasteiger charge is -2.41. The quantitative estimate of drug-likeness (QED) is 0.240. The average Bonchev–Trinajstić information content (AvgIpc) is 2.93. The SMILES string of the molecule is C=CC(=O)N1CCN(c2nc(=O)n3c4c(c(-c5ccc(F)cc5F)c(Cl)cc24)OCC3CN(CC(F)(F)F)CC(F)(F)F)[C@@H](C)C1. The summed E-state index contributed by atoms with van der Waals surface area (Å²) in [6.07, 6.45) is -8.83. The highest BCUT2D eigenvalue weighted by molar-refractivity contribution is 6.35. The Labute approximate surface area is 261 Å².